The molecule has 0 aliphatic carbocycles. The van der Waals surface area contributed by atoms with Gasteiger partial charge in [0.2, 0.25) is 0 Å². The molecule has 0 bridgehead atoms. The van der Waals surface area contributed by atoms with Crippen LogP contribution in [0.15, 0.2) is 58.7 Å². The molecule has 8 heteroatoms. The van der Waals surface area contributed by atoms with E-state index in [2.05, 4.69) is 9.97 Å². The first-order valence-corrected chi connectivity index (χ1v) is 8.97. The lowest BCUT2D eigenvalue weighted by Gasteiger charge is -2.14. The largest absolute Gasteiger partial charge is 0.392 e. The van der Waals surface area contributed by atoms with Crippen LogP contribution in [0, 0.1) is 11.3 Å². The van der Waals surface area contributed by atoms with E-state index in [1.807, 2.05) is 30.3 Å². The Balaban J connectivity index is 0.00000261. The van der Waals surface area contributed by atoms with Crippen LogP contribution in [0.3, 0.4) is 0 Å². The zero-order chi connectivity index (χ0) is 18.5. The third-order valence-electron chi connectivity index (χ3n) is 3.77. The van der Waals surface area contributed by atoms with Crippen LogP contribution in [0.5, 0.6) is 0 Å². The van der Waals surface area contributed by atoms with Crippen molar-refractivity contribution in [3.05, 3.63) is 70.6 Å². The van der Waals surface area contributed by atoms with Gasteiger partial charge in [0.05, 0.1) is 11.6 Å². The van der Waals surface area contributed by atoms with E-state index in [4.69, 9.17) is 22.6 Å². The summed E-state index contributed by atoms with van der Waals surface area (Å²) in [6, 6.07) is 12.9. The van der Waals surface area contributed by atoms with Crippen molar-refractivity contribution in [2.75, 3.05) is 0 Å². The number of nitrogens with zero attached hydrogens (tertiary/aromatic N) is 3. The predicted molar refractivity (Wildman–Crippen MR) is 109 cm³/mol. The average molecular weight is 419 g/mol. The summed E-state index contributed by atoms with van der Waals surface area (Å²) in [7, 11) is 0. The monoisotopic (exact) mass is 418 g/mol. The van der Waals surface area contributed by atoms with E-state index in [1.54, 1.807) is 24.5 Å². The van der Waals surface area contributed by atoms with E-state index in [0.29, 0.717) is 22.3 Å². The van der Waals surface area contributed by atoms with Gasteiger partial charge in [-0.15, -0.1) is 12.4 Å². The van der Waals surface area contributed by atoms with Crippen LogP contribution < -0.4 is 5.73 Å². The summed E-state index contributed by atoms with van der Waals surface area (Å²) in [6.45, 7) is 0.200. The van der Waals surface area contributed by atoms with Crippen LogP contribution in [0.25, 0.3) is 11.1 Å². The van der Waals surface area contributed by atoms with Crippen molar-refractivity contribution in [3.8, 4) is 17.2 Å². The topological polar surface area (TPSA) is 95.8 Å². The summed E-state index contributed by atoms with van der Waals surface area (Å²) in [5.41, 5.74) is 9.58. The van der Waals surface area contributed by atoms with Crippen LogP contribution in [0.4, 0.5) is 0 Å². The molecule has 27 heavy (non-hydrogen) atoms. The molecule has 2 heterocycles. The molecule has 0 spiro atoms. The Kier molecular flexibility index (Phi) is 7.60. The van der Waals surface area contributed by atoms with Crippen molar-refractivity contribution in [2.24, 2.45) is 5.73 Å². The minimum Gasteiger partial charge on any atom is -0.392 e. The van der Waals surface area contributed by atoms with E-state index in [9.17, 15) is 5.11 Å². The highest BCUT2D eigenvalue weighted by Crippen LogP contribution is 2.39. The van der Waals surface area contributed by atoms with Crippen molar-refractivity contribution in [3.63, 3.8) is 0 Å². The summed E-state index contributed by atoms with van der Waals surface area (Å²) in [5, 5.41) is 19.8. The maximum atomic E-state index is 9.49. The highest BCUT2D eigenvalue weighted by atomic mass is 35.5. The number of pyridine rings is 2. The Bertz CT molecular complexity index is 992. The Morgan fingerprint density at radius 1 is 1.11 bits per heavy atom. The van der Waals surface area contributed by atoms with Gasteiger partial charge in [-0.05, 0) is 47.0 Å². The molecule has 0 saturated carbocycles. The first-order chi connectivity index (χ1) is 12.7. The fraction of sp³-hybridized carbons (Fsp3) is 0.105. The van der Waals surface area contributed by atoms with Gasteiger partial charge in [-0.3, -0.25) is 0 Å². The van der Waals surface area contributed by atoms with Gasteiger partial charge >= 0.3 is 0 Å². The quantitative estimate of drug-likeness (QED) is 0.644. The smallest absolute Gasteiger partial charge is 0.141 e. The summed E-state index contributed by atoms with van der Waals surface area (Å²) >= 11 is 7.92. The van der Waals surface area contributed by atoms with Gasteiger partial charge in [0.1, 0.15) is 16.8 Å². The Morgan fingerprint density at radius 3 is 2.63 bits per heavy atom. The van der Waals surface area contributed by atoms with Crippen LogP contribution in [-0.4, -0.2) is 15.1 Å². The third kappa shape index (κ3) is 4.78. The van der Waals surface area contributed by atoms with Gasteiger partial charge in [-0.25, -0.2) is 9.97 Å². The van der Waals surface area contributed by atoms with Crippen molar-refractivity contribution in [1.82, 2.24) is 9.97 Å². The molecule has 5 nitrogen and oxygen atoms in total. The van der Waals surface area contributed by atoms with Crippen molar-refractivity contribution in [2.45, 2.75) is 23.1 Å². The van der Waals surface area contributed by atoms with Crippen LogP contribution in [0.1, 0.15) is 16.8 Å². The number of hydrogen-bond donors (Lipinski definition) is 2. The molecule has 0 radical (unpaired) electrons. The standard InChI is InChI=1S/C19H15ClN4OS.ClH/c20-17-8-14(12-3-5-23-16(7-12)10-22)6-15(9-21)18(17)26-19-13(11-25)2-1-4-24-19;/h1-8,25H,9,11,21H2;1H. The number of nitrogens with two attached hydrogens (primary N) is 1. The number of hydrogen-bond acceptors (Lipinski definition) is 6. The Labute approximate surface area is 172 Å². The van der Waals surface area contributed by atoms with E-state index in [1.165, 1.54) is 11.8 Å². The maximum Gasteiger partial charge on any atom is 0.141 e. The molecule has 2 aromatic heterocycles. The average Bonchev–Trinajstić information content (AvgIpc) is 2.69. The number of halogens is 2. The number of nitriles is 1. The molecular weight excluding hydrogens is 403 g/mol. The summed E-state index contributed by atoms with van der Waals surface area (Å²) in [6.07, 6.45) is 3.26. The zero-order valence-electron chi connectivity index (χ0n) is 14.1. The summed E-state index contributed by atoms with van der Waals surface area (Å²) < 4.78 is 0. The molecule has 0 unspecified atom stereocenters. The SMILES string of the molecule is Cl.N#Cc1cc(-c2cc(Cl)c(Sc3ncccc3CO)c(CN)c2)ccn1. The second-order valence-electron chi connectivity index (χ2n) is 5.42. The number of aliphatic hydroxyl groups excluding tert-OH is 1. The minimum atomic E-state index is -0.0994. The second kappa shape index (κ2) is 9.70. The zero-order valence-corrected chi connectivity index (χ0v) is 16.5. The minimum absolute atomic E-state index is 0. The lowest BCUT2D eigenvalue weighted by molar-refractivity contribution is 0.278. The van der Waals surface area contributed by atoms with E-state index in [0.717, 1.165) is 27.1 Å². The number of rotatable bonds is 5. The number of benzene rings is 1. The maximum absolute atomic E-state index is 9.49. The highest BCUT2D eigenvalue weighted by Gasteiger charge is 2.14. The fourth-order valence-electron chi connectivity index (χ4n) is 2.49. The molecule has 3 N–H and O–H groups in total. The van der Waals surface area contributed by atoms with Gasteiger partial charge in [-0.2, -0.15) is 5.26 Å². The Morgan fingerprint density at radius 2 is 1.93 bits per heavy atom. The number of aliphatic hydroxyl groups is 1. The third-order valence-corrected chi connectivity index (χ3v) is 5.42. The normalized spacial score (nSPS) is 10.1. The second-order valence-corrected chi connectivity index (χ2v) is 6.83. The van der Waals surface area contributed by atoms with Gasteiger partial charge in [0, 0.05) is 29.4 Å². The predicted octanol–water partition coefficient (Wildman–Crippen LogP) is 4.19. The van der Waals surface area contributed by atoms with Gasteiger partial charge in [0.15, 0.2) is 0 Å². The number of aromatic nitrogens is 2. The van der Waals surface area contributed by atoms with E-state index < -0.39 is 0 Å². The first-order valence-electron chi connectivity index (χ1n) is 7.78. The molecule has 0 aliphatic heterocycles. The summed E-state index contributed by atoms with van der Waals surface area (Å²) in [4.78, 5) is 9.12. The molecule has 0 fully saturated rings. The molecule has 0 atom stereocenters. The molecule has 3 aromatic rings. The molecule has 138 valence electrons. The fourth-order valence-corrected chi connectivity index (χ4v) is 3.84. The van der Waals surface area contributed by atoms with Crippen molar-refractivity contribution < 1.29 is 5.11 Å². The van der Waals surface area contributed by atoms with Crippen LogP contribution >= 0.6 is 35.8 Å². The van der Waals surface area contributed by atoms with E-state index >= 15 is 0 Å². The Hall–Kier alpha value is -2.14. The van der Waals surface area contributed by atoms with Crippen LogP contribution in [-0.2, 0) is 13.2 Å². The molecule has 0 aliphatic rings. The van der Waals surface area contributed by atoms with Crippen LogP contribution in [0.2, 0.25) is 5.02 Å². The first kappa shape index (κ1) is 21.2. The molecule has 3 rings (SSSR count). The highest BCUT2D eigenvalue weighted by molar-refractivity contribution is 7.99. The lowest BCUT2D eigenvalue weighted by atomic mass is 10.0. The summed E-state index contributed by atoms with van der Waals surface area (Å²) in [5.74, 6) is 0. The molecule has 0 amide bonds. The van der Waals surface area contributed by atoms with Gasteiger partial charge < -0.3 is 10.8 Å². The molecular formula is C19H16Cl2N4OS. The van der Waals surface area contributed by atoms with Crippen molar-refractivity contribution in [1.29, 1.82) is 5.26 Å². The van der Waals surface area contributed by atoms with Gasteiger partial charge in [0.25, 0.3) is 0 Å². The van der Waals surface area contributed by atoms with E-state index in [-0.39, 0.29) is 19.0 Å². The molecule has 1 aromatic carbocycles. The van der Waals surface area contributed by atoms with Crippen molar-refractivity contribution >= 4 is 35.8 Å². The van der Waals surface area contributed by atoms with Gasteiger partial charge in [-0.1, -0.05) is 29.4 Å². The molecule has 0 saturated heterocycles. The lowest BCUT2D eigenvalue weighted by Crippen LogP contribution is -2.01.